The lowest BCUT2D eigenvalue weighted by Gasteiger charge is -2.19. The van der Waals surface area contributed by atoms with Gasteiger partial charge in [0.05, 0.1) is 0 Å². The fourth-order valence-electron chi connectivity index (χ4n) is 1.98. The van der Waals surface area contributed by atoms with Crippen LogP contribution in [0.4, 0.5) is 0 Å². The minimum atomic E-state index is -0.166. The van der Waals surface area contributed by atoms with Crippen LogP contribution in [0, 0.1) is 0 Å². The van der Waals surface area contributed by atoms with Crippen molar-refractivity contribution in [1.82, 2.24) is 10.1 Å². The topological polar surface area (TPSA) is 64.8 Å². The fourth-order valence-corrected chi connectivity index (χ4v) is 1.98. The molecule has 6 heteroatoms. The van der Waals surface area contributed by atoms with Gasteiger partial charge >= 0.3 is 0 Å². The van der Waals surface area contributed by atoms with Gasteiger partial charge in [-0.15, -0.1) is 0 Å². The third kappa shape index (κ3) is 2.44. The molecule has 21 heavy (non-hydrogen) atoms. The maximum atomic E-state index is 12.2. The first kappa shape index (κ1) is 13.5. The molecule has 110 valence electrons. The van der Waals surface area contributed by atoms with Crippen molar-refractivity contribution in [1.29, 1.82) is 0 Å². The molecule has 1 aliphatic rings. The smallest absolute Gasteiger partial charge is 0.276 e. The summed E-state index contributed by atoms with van der Waals surface area (Å²) in [5.41, 5.74) is 1.08. The fraction of sp³-hybridized carbons (Fsp3) is 0.333. The van der Waals surface area contributed by atoms with E-state index >= 15 is 0 Å². The van der Waals surface area contributed by atoms with Crippen LogP contribution in [0.5, 0.6) is 11.5 Å². The lowest BCUT2D eigenvalue weighted by molar-refractivity contribution is 0.0744. The summed E-state index contributed by atoms with van der Waals surface area (Å²) in [7, 11) is 1.74. The molecule has 0 saturated heterocycles. The van der Waals surface area contributed by atoms with E-state index < -0.39 is 0 Å². The van der Waals surface area contributed by atoms with E-state index in [1.54, 1.807) is 18.0 Å². The van der Waals surface area contributed by atoms with Crippen LogP contribution in [0.25, 0.3) is 11.3 Å². The van der Waals surface area contributed by atoms with E-state index in [0.29, 0.717) is 23.0 Å². The third-order valence-corrected chi connectivity index (χ3v) is 3.48. The minimum Gasteiger partial charge on any atom is -0.454 e. The van der Waals surface area contributed by atoms with Crippen LogP contribution in [-0.4, -0.2) is 35.8 Å². The van der Waals surface area contributed by atoms with Gasteiger partial charge in [-0.1, -0.05) is 5.16 Å². The van der Waals surface area contributed by atoms with Crippen LogP contribution in [0.3, 0.4) is 0 Å². The molecular formula is C15H16N2O4. The van der Waals surface area contributed by atoms with Crippen molar-refractivity contribution in [3.8, 4) is 22.8 Å². The second-order valence-corrected chi connectivity index (χ2v) is 5.15. The number of ether oxygens (including phenoxy) is 2. The van der Waals surface area contributed by atoms with Crippen LogP contribution < -0.4 is 9.47 Å². The molecule has 3 rings (SSSR count). The van der Waals surface area contributed by atoms with Crippen molar-refractivity contribution in [2.75, 3.05) is 13.8 Å². The summed E-state index contributed by atoms with van der Waals surface area (Å²) in [6.45, 7) is 4.10. The Labute approximate surface area is 122 Å². The Balaban J connectivity index is 1.87. The molecule has 0 bridgehead atoms. The van der Waals surface area contributed by atoms with Crippen LogP contribution in [0.2, 0.25) is 0 Å². The number of benzene rings is 1. The summed E-state index contributed by atoms with van der Waals surface area (Å²) in [4.78, 5) is 13.8. The van der Waals surface area contributed by atoms with E-state index in [4.69, 9.17) is 14.0 Å². The summed E-state index contributed by atoms with van der Waals surface area (Å²) in [6, 6.07) is 7.20. The molecule has 0 spiro atoms. The Bertz CT molecular complexity index is 678. The average Bonchev–Trinajstić information content (AvgIpc) is 3.13. The number of amides is 1. The minimum absolute atomic E-state index is 0.100. The molecule has 0 fully saturated rings. The van der Waals surface area contributed by atoms with Crippen molar-refractivity contribution >= 4 is 5.91 Å². The molecule has 1 amide bonds. The molecule has 0 radical (unpaired) electrons. The van der Waals surface area contributed by atoms with E-state index in [0.717, 1.165) is 5.56 Å². The molecule has 0 saturated carbocycles. The first-order chi connectivity index (χ1) is 10.1. The van der Waals surface area contributed by atoms with Gasteiger partial charge < -0.3 is 18.9 Å². The third-order valence-electron chi connectivity index (χ3n) is 3.48. The molecule has 1 aliphatic heterocycles. The summed E-state index contributed by atoms with van der Waals surface area (Å²) in [5, 5.41) is 3.85. The van der Waals surface area contributed by atoms with Gasteiger partial charge in [-0.25, -0.2) is 0 Å². The summed E-state index contributed by atoms with van der Waals surface area (Å²) < 4.78 is 15.9. The number of carbonyl (C=O) groups is 1. The van der Waals surface area contributed by atoms with E-state index in [-0.39, 0.29) is 18.7 Å². The first-order valence-corrected chi connectivity index (χ1v) is 6.70. The van der Waals surface area contributed by atoms with Gasteiger partial charge in [-0.3, -0.25) is 4.79 Å². The highest BCUT2D eigenvalue weighted by Gasteiger charge is 2.20. The maximum Gasteiger partial charge on any atom is 0.276 e. The van der Waals surface area contributed by atoms with E-state index in [1.165, 1.54) is 0 Å². The SMILES string of the molecule is CC(C)N(C)C(=O)c1cc(-c2ccc3c(c2)OCO3)on1. The van der Waals surface area contributed by atoms with Gasteiger partial charge in [-0.2, -0.15) is 0 Å². The molecule has 2 aromatic rings. The highest BCUT2D eigenvalue weighted by atomic mass is 16.7. The van der Waals surface area contributed by atoms with Crippen molar-refractivity contribution in [3.63, 3.8) is 0 Å². The summed E-state index contributed by atoms with van der Waals surface area (Å²) in [5.74, 6) is 1.72. The van der Waals surface area contributed by atoms with Crippen LogP contribution in [0.15, 0.2) is 28.8 Å². The second kappa shape index (κ2) is 5.12. The van der Waals surface area contributed by atoms with Gasteiger partial charge in [0.15, 0.2) is 23.0 Å². The molecule has 0 atom stereocenters. The van der Waals surface area contributed by atoms with Gasteiger partial charge in [-0.05, 0) is 32.0 Å². The average molecular weight is 288 g/mol. The summed E-state index contributed by atoms with van der Waals surface area (Å²) in [6.07, 6.45) is 0. The molecule has 0 unspecified atom stereocenters. The van der Waals surface area contributed by atoms with Gasteiger partial charge in [0.2, 0.25) is 6.79 Å². The lowest BCUT2D eigenvalue weighted by Crippen LogP contribution is -2.33. The molecule has 6 nitrogen and oxygen atoms in total. The van der Waals surface area contributed by atoms with E-state index in [2.05, 4.69) is 5.16 Å². The summed E-state index contributed by atoms with van der Waals surface area (Å²) >= 11 is 0. The zero-order valence-corrected chi connectivity index (χ0v) is 12.1. The van der Waals surface area contributed by atoms with Gasteiger partial charge in [0, 0.05) is 24.7 Å². The monoisotopic (exact) mass is 288 g/mol. The van der Waals surface area contributed by atoms with E-state index in [1.807, 2.05) is 32.0 Å². The lowest BCUT2D eigenvalue weighted by atomic mass is 10.1. The Morgan fingerprint density at radius 3 is 2.76 bits per heavy atom. The number of carbonyl (C=O) groups excluding carboxylic acids is 1. The first-order valence-electron chi connectivity index (χ1n) is 6.70. The molecule has 1 aromatic carbocycles. The normalized spacial score (nSPS) is 12.8. The second-order valence-electron chi connectivity index (χ2n) is 5.15. The number of fused-ring (bicyclic) bond motifs is 1. The van der Waals surface area contributed by atoms with Crippen molar-refractivity contribution in [2.45, 2.75) is 19.9 Å². The Morgan fingerprint density at radius 1 is 1.24 bits per heavy atom. The Kier molecular flexibility index (Phi) is 3.29. The van der Waals surface area contributed by atoms with Gasteiger partial charge in [0.1, 0.15) is 0 Å². The zero-order valence-electron chi connectivity index (χ0n) is 12.1. The van der Waals surface area contributed by atoms with E-state index in [9.17, 15) is 4.79 Å². The number of aromatic nitrogens is 1. The maximum absolute atomic E-state index is 12.2. The Hall–Kier alpha value is -2.50. The molecule has 0 aliphatic carbocycles. The number of hydrogen-bond acceptors (Lipinski definition) is 5. The van der Waals surface area contributed by atoms with Crippen molar-refractivity contribution in [2.24, 2.45) is 0 Å². The highest BCUT2D eigenvalue weighted by molar-refractivity contribution is 5.93. The van der Waals surface area contributed by atoms with Crippen LogP contribution in [-0.2, 0) is 0 Å². The molecule has 2 heterocycles. The number of rotatable bonds is 3. The van der Waals surface area contributed by atoms with Crippen molar-refractivity contribution in [3.05, 3.63) is 30.0 Å². The molecular weight excluding hydrogens is 272 g/mol. The predicted octanol–water partition coefficient (Wildman–Crippen LogP) is 2.55. The van der Waals surface area contributed by atoms with Crippen LogP contribution >= 0.6 is 0 Å². The predicted molar refractivity (Wildman–Crippen MR) is 75.3 cm³/mol. The quantitative estimate of drug-likeness (QED) is 0.868. The molecule has 1 aromatic heterocycles. The van der Waals surface area contributed by atoms with Crippen molar-refractivity contribution < 1.29 is 18.8 Å². The Morgan fingerprint density at radius 2 is 2.00 bits per heavy atom. The number of nitrogens with zero attached hydrogens (tertiary/aromatic N) is 2. The number of hydrogen-bond donors (Lipinski definition) is 0. The standard InChI is InChI=1S/C15H16N2O4/c1-9(2)17(3)15(18)11-7-13(21-16-11)10-4-5-12-14(6-10)20-8-19-12/h4-7,9H,8H2,1-3H3. The molecule has 0 N–H and O–H groups in total. The largest absolute Gasteiger partial charge is 0.454 e. The highest BCUT2D eigenvalue weighted by Crippen LogP contribution is 2.36. The van der Waals surface area contributed by atoms with Crippen LogP contribution in [0.1, 0.15) is 24.3 Å². The zero-order chi connectivity index (χ0) is 15.0. The van der Waals surface area contributed by atoms with Gasteiger partial charge in [0.25, 0.3) is 5.91 Å².